The van der Waals surface area contributed by atoms with Crippen molar-refractivity contribution in [1.82, 2.24) is 14.9 Å². The Morgan fingerprint density at radius 3 is 3.08 bits per heavy atom. The van der Waals surface area contributed by atoms with E-state index in [1.165, 1.54) is 0 Å². The lowest BCUT2D eigenvalue weighted by atomic mass is 10.1. The van der Waals surface area contributed by atoms with E-state index in [-0.39, 0.29) is 11.9 Å². The van der Waals surface area contributed by atoms with Crippen LogP contribution in [0.25, 0.3) is 0 Å². The number of nitrogens with one attached hydrogen (secondary N) is 1. The Balaban J connectivity index is 1.75. The van der Waals surface area contributed by atoms with E-state index < -0.39 is 6.10 Å². The van der Waals surface area contributed by atoms with E-state index in [1.807, 2.05) is 29.3 Å². The molecule has 1 amide bonds. The van der Waals surface area contributed by atoms with E-state index in [0.29, 0.717) is 24.6 Å². The maximum Gasteiger partial charge on any atom is 0.272 e. The molecule has 0 unspecified atom stereocenters. The van der Waals surface area contributed by atoms with Crippen molar-refractivity contribution in [3.05, 3.63) is 39.8 Å². The molecule has 3 heterocycles. The van der Waals surface area contributed by atoms with E-state index in [9.17, 15) is 9.90 Å². The minimum Gasteiger partial charge on any atom is -0.387 e. The van der Waals surface area contributed by atoms with Crippen molar-refractivity contribution in [2.24, 2.45) is 0 Å². The second-order valence-corrected chi connectivity index (χ2v) is 7.01. The lowest BCUT2D eigenvalue weighted by molar-refractivity contribution is 0.0664. The number of nitrogens with zero attached hydrogens (tertiary/aromatic N) is 3. The summed E-state index contributed by atoms with van der Waals surface area (Å²) in [6, 6.07) is 5.63. The van der Waals surface area contributed by atoms with Gasteiger partial charge in [-0.1, -0.05) is 6.07 Å². The second-order valence-electron chi connectivity index (χ2n) is 6.03. The van der Waals surface area contributed by atoms with Crippen molar-refractivity contribution in [1.29, 1.82) is 0 Å². The lowest BCUT2D eigenvalue weighted by Gasteiger charge is -2.26. The first kappa shape index (κ1) is 16.9. The van der Waals surface area contributed by atoms with Crippen LogP contribution in [0.2, 0.25) is 0 Å². The Kier molecular flexibility index (Phi) is 5.11. The highest BCUT2D eigenvalue weighted by Gasteiger charge is 2.32. The highest BCUT2D eigenvalue weighted by molar-refractivity contribution is 7.10. The molecule has 0 spiro atoms. The van der Waals surface area contributed by atoms with Crippen molar-refractivity contribution in [2.75, 3.05) is 18.9 Å². The number of hydrogen-bond donors (Lipinski definition) is 2. The first-order valence-corrected chi connectivity index (χ1v) is 9.02. The average molecular weight is 346 g/mol. The lowest BCUT2D eigenvalue weighted by Crippen LogP contribution is -2.37. The summed E-state index contributed by atoms with van der Waals surface area (Å²) in [4.78, 5) is 24.2. The Morgan fingerprint density at radius 1 is 1.54 bits per heavy atom. The fourth-order valence-corrected chi connectivity index (χ4v) is 3.86. The standard InChI is InChI=1S/C17H22N4O2S/c1-11-9-13(20-17(18-2)19-11)16(23)21-7-3-5-12(21)10-14(22)15-6-4-8-24-15/h4,6,8-9,12,14,22H,3,5,7,10H2,1-2H3,(H,18,19,20)/t12-,14-/m0/s1. The number of hydrogen-bond acceptors (Lipinski definition) is 6. The normalized spacial score (nSPS) is 18.6. The van der Waals surface area contributed by atoms with Crippen LogP contribution in [0.5, 0.6) is 0 Å². The SMILES string of the molecule is CNc1nc(C)cc(C(=O)N2CCC[C@H]2C[C@H](O)c2cccs2)n1. The van der Waals surface area contributed by atoms with E-state index in [4.69, 9.17) is 0 Å². The van der Waals surface area contributed by atoms with Crippen LogP contribution in [0.3, 0.4) is 0 Å². The molecule has 0 bridgehead atoms. The molecular weight excluding hydrogens is 324 g/mol. The number of aliphatic hydroxyl groups is 1. The number of carbonyl (C=O) groups is 1. The van der Waals surface area contributed by atoms with Crippen LogP contribution in [0.15, 0.2) is 23.6 Å². The van der Waals surface area contributed by atoms with Crippen LogP contribution >= 0.6 is 11.3 Å². The van der Waals surface area contributed by atoms with Crippen molar-refractivity contribution >= 4 is 23.2 Å². The molecule has 6 nitrogen and oxygen atoms in total. The summed E-state index contributed by atoms with van der Waals surface area (Å²) in [5.74, 6) is 0.366. The Morgan fingerprint density at radius 2 is 2.38 bits per heavy atom. The zero-order valence-corrected chi connectivity index (χ0v) is 14.7. The van der Waals surface area contributed by atoms with Gasteiger partial charge in [-0.25, -0.2) is 9.97 Å². The van der Waals surface area contributed by atoms with Crippen LogP contribution in [-0.2, 0) is 0 Å². The minimum absolute atomic E-state index is 0.0444. The number of thiophene rings is 1. The smallest absolute Gasteiger partial charge is 0.272 e. The molecule has 128 valence electrons. The maximum atomic E-state index is 12.9. The fraction of sp³-hybridized carbons (Fsp3) is 0.471. The van der Waals surface area contributed by atoms with Gasteiger partial charge in [-0.2, -0.15) is 0 Å². The predicted octanol–water partition coefficient (Wildman–Crippen LogP) is 2.62. The first-order valence-electron chi connectivity index (χ1n) is 8.14. The third-order valence-corrected chi connectivity index (χ3v) is 5.28. The summed E-state index contributed by atoms with van der Waals surface area (Å²) < 4.78 is 0. The molecule has 2 N–H and O–H groups in total. The number of aliphatic hydroxyl groups excluding tert-OH is 1. The van der Waals surface area contributed by atoms with Gasteiger partial charge in [0.05, 0.1) is 6.10 Å². The number of rotatable bonds is 5. The number of aromatic nitrogens is 2. The molecule has 1 fully saturated rings. The van der Waals surface area contributed by atoms with Gasteiger partial charge < -0.3 is 15.3 Å². The van der Waals surface area contributed by atoms with Gasteiger partial charge in [0.2, 0.25) is 5.95 Å². The van der Waals surface area contributed by atoms with E-state index >= 15 is 0 Å². The van der Waals surface area contributed by atoms with Gasteiger partial charge in [0, 0.05) is 30.2 Å². The highest BCUT2D eigenvalue weighted by Crippen LogP contribution is 2.30. The molecule has 0 radical (unpaired) electrons. The average Bonchev–Trinajstić information content (AvgIpc) is 3.25. The Bertz CT molecular complexity index is 705. The molecule has 7 heteroatoms. The number of amides is 1. The van der Waals surface area contributed by atoms with Crippen molar-refractivity contribution in [3.8, 4) is 0 Å². The monoisotopic (exact) mass is 346 g/mol. The van der Waals surface area contributed by atoms with Gasteiger partial charge >= 0.3 is 0 Å². The minimum atomic E-state index is -0.525. The van der Waals surface area contributed by atoms with Gasteiger partial charge in [0.15, 0.2) is 0 Å². The van der Waals surface area contributed by atoms with Gasteiger partial charge in [-0.15, -0.1) is 11.3 Å². The summed E-state index contributed by atoms with van der Waals surface area (Å²) in [7, 11) is 1.74. The predicted molar refractivity (Wildman–Crippen MR) is 94.3 cm³/mol. The van der Waals surface area contributed by atoms with Crippen LogP contribution < -0.4 is 5.32 Å². The first-order chi connectivity index (χ1) is 11.6. The Labute approximate surface area is 145 Å². The molecule has 2 atom stereocenters. The van der Waals surface area contributed by atoms with E-state index in [2.05, 4.69) is 15.3 Å². The molecule has 0 aromatic carbocycles. The van der Waals surface area contributed by atoms with Gasteiger partial charge in [-0.05, 0) is 43.7 Å². The number of likely N-dealkylation sites (tertiary alicyclic amines) is 1. The summed E-state index contributed by atoms with van der Waals surface area (Å²) in [5.41, 5.74) is 1.16. The highest BCUT2D eigenvalue weighted by atomic mass is 32.1. The van der Waals surface area contributed by atoms with Crippen molar-refractivity contribution in [3.63, 3.8) is 0 Å². The topological polar surface area (TPSA) is 78.4 Å². The number of aryl methyl sites for hydroxylation is 1. The Hall–Kier alpha value is -1.99. The zero-order valence-electron chi connectivity index (χ0n) is 13.9. The molecule has 0 aliphatic carbocycles. The molecule has 2 aromatic heterocycles. The quantitative estimate of drug-likeness (QED) is 0.870. The number of anilines is 1. The maximum absolute atomic E-state index is 12.9. The van der Waals surface area contributed by atoms with E-state index in [1.54, 1.807) is 24.5 Å². The molecule has 3 rings (SSSR count). The van der Waals surface area contributed by atoms with Gasteiger partial charge in [0.25, 0.3) is 5.91 Å². The zero-order chi connectivity index (χ0) is 17.1. The van der Waals surface area contributed by atoms with Gasteiger partial charge in [-0.3, -0.25) is 4.79 Å². The molecule has 0 saturated carbocycles. The summed E-state index contributed by atoms with van der Waals surface area (Å²) >= 11 is 1.54. The van der Waals surface area contributed by atoms with Crippen LogP contribution in [0.1, 0.15) is 46.4 Å². The fourth-order valence-electron chi connectivity index (χ4n) is 3.14. The second kappa shape index (κ2) is 7.27. The molecule has 24 heavy (non-hydrogen) atoms. The van der Waals surface area contributed by atoms with Crippen LogP contribution in [-0.4, -0.2) is 45.5 Å². The van der Waals surface area contributed by atoms with Gasteiger partial charge in [0.1, 0.15) is 5.69 Å². The third-order valence-electron chi connectivity index (χ3n) is 4.30. The summed E-state index contributed by atoms with van der Waals surface area (Å²) in [6.45, 7) is 2.56. The van der Waals surface area contributed by atoms with E-state index in [0.717, 1.165) is 23.4 Å². The summed E-state index contributed by atoms with van der Waals surface area (Å²) in [5, 5.41) is 15.2. The number of carbonyl (C=O) groups excluding carboxylic acids is 1. The molecule has 1 aliphatic rings. The van der Waals surface area contributed by atoms with Crippen LogP contribution in [0, 0.1) is 6.92 Å². The molecular formula is C17H22N4O2S. The van der Waals surface area contributed by atoms with Crippen molar-refractivity contribution in [2.45, 2.75) is 38.3 Å². The molecule has 2 aromatic rings. The summed E-state index contributed by atoms with van der Waals surface area (Å²) in [6.07, 6.45) is 1.91. The molecule has 1 saturated heterocycles. The van der Waals surface area contributed by atoms with Crippen molar-refractivity contribution < 1.29 is 9.90 Å². The largest absolute Gasteiger partial charge is 0.387 e. The third kappa shape index (κ3) is 3.57. The molecule has 1 aliphatic heterocycles. The van der Waals surface area contributed by atoms with Crippen LogP contribution in [0.4, 0.5) is 5.95 Å².